The Morgan fingerprint density at radius 2 is 1.70 bits per heavy atom. The van der Waals surface area contributed by atoms with Crippen LogP contribution in [-0.2, 0) is 36.8 Å². The number of halogens is 1. The lowest BCUT2D eigenvalue weighted by molar-refractivity contribution is -0.162. The van der Waals surface area contributed by atoms with Crippen LogP contribution in [0.25, 0.3) is 0 Å². The Morgan fingerprint density at radius 1 is 1.03 bits per heavy atom. The number of thiophene rings is 1. The molecule has 0 fully saturated rings. The molecule has 0 unspecified atom stereocenters. The van der Waals surface area contributed by atoms with Crippen LogP contribution >= 0.6 is 22.9 Å². The summed E-state index contributed by atoms with van der Waals surface area (Å²) < 4.78 is 16.4. The van der Waals surface area contributed by atoms with Crippen LogP contribution in [0.15, 0.2) is 35.7 Å². The van der Waals surface area contributed by atoms with Crippen molar-refractivity contribution >= 4 is 41.0 Å². The van der Waals surface area contributed by atoms with E-state index in [-0.39, 0.29) is 0 Å². The number of ether oxygens (including phenoxy) is 3. The quantitative estimate of drug-likeness (QED) is 0.370. The first-order chi connectivity index (χ1) is 17.2. The first kappa shape index (κ1) is 28.9. The molecule has 1 aromatic heterocycles. The molecule has 2 heterocycles. The third-order valence-electron chi connectivity index (χ3n) is 5.40. The van der Waals surface area contributed by atoms with Gasteiger partial charge in [0.1, 0.15) is 23.9 Å². The maximum absolute atomic E-state index is 13.6. The Bertz CT molecular complexity index is 1120. The molecule has 1 aliphatic heterocycles. The third kappa shape index (κ3) is 8.45. The molecule has 202 valence electrons. The smallest absolute Gasteiger partial charge is 0.408 e. The molecule has 0 saturated heterocycles. The maximum Gasteiger partial charge on any atom is 0.408 e. The van der Waals surface area contributed by atoms with Crippen molar-refractivity contribution in [3.63, 3.8) is 0 Å². The second kappa shape index (κ2) is 11.8. The van der Waals surface area contributed by atoms with Gasteiger partial charge in [-0.25, -0.2) is 14.4 Å². The van der Waals surface area contributed by atoms with Gasteiger partial charge in [0.25, 0.3) is 0 Å². The van der Waals surface area contributed by atoms with E-state index in [4.69, 9.17) is 25.8 Å². The van der Waals surface area contributed by atoms with Gasteiger partial charge < -0.3 is 19.5 Å². The summed E-state index contributed by atoms with van der Waals surface area (Å²) in [4.78, 5) is 42.2. The SMILES string of the molecule is CC(C)(C)OC(=O)N[C@@H](COC(=O)[C@H](c1ccccc1Cl)N1CCc2sccc2C1)C(=O)OC(C)(C)C. The zero-order valence-corrected chi connectivity index (χ0v) is 23.7. The van der Waals surface area contributed by atoms with Gasteiger partial charge >= 0.3 is 18.0 Å². The van der Waals surface area contributed by atoms with Crippen molar-refractivity contribution in [2.75, 3.05) is 13.2 Å². The van der Waals surface area contributed by atoms with E-state index in [2.05, 4.69) is 11.4 Å². The molecule has 1 aromatic carbocycles. The van der Waals surface area contributed by atoms with Gasteiger partial charge in [-0.3, -0.25) is 4.90 Å². The number of carbonyl (C=O) groups is 3. The molecule has 1 aliphatic rings. The van der Waals surface area contributed by atoms with Gasteiger partial charge in [0, 0.05) is 23.0 Å². The highest BCUT2D eigenvalue weighted by Gasteiger charge is 2.35. The number of esters is 2. The second-order valence-electron chi connectivity index (χ2n) is 10.9. The van der Waals surface area contributed by atoms with Crippen LogP contribution in [0, 0.1) is 0 Å². The molecule has 2 atom stereocenters. The summed E-state index contributed by atoms with van der Waals surface area (Å²) in [6, 6.07) is 7.15. The van der Waals surface area contributed by atoms with E-state index in [9.17, 15) is 14.4 Å². The van der Waals surface area contributed by atoms with Crippen molar-refractivity contribution in [2.24, 2.45) is 0 Å². The lowest BCUT2D eigenvalue weighted by Crippen LogP contribution is -2.49. The van der Waals surface area contributed by atoms with Crippen molar-refractivity contribution in [1.82, 2.24) is 10.2 Å². The molecule has 37 heavy (non-hydrogen) atoms. The van der Waals surface area contributed by atoms with Crippen LogP contribution in [0.2, 0.25) is 5.02 Å². The first-order valence-electron chi connectivity index (χ1n) is 12.2. The Morgan fingerprint density at radius 3 is 2.35 bits per heavy atom. The van der Waals surface area contributed by atoms with Gasteiger partial charge in [-0.1, -0.05) is 29.8 Å². The van der Waals surface area contributed by atoms with E-state index < -0.39 is 47.9 Å². The minimum atomic E-state index is -1.25. The molecule has 0 spiro atoms. The van der Waals surface area contributed by atoms with Gasteiger partial charge in [0.2, 0.25) is 0 Å². The molecule has 8 nitrogen and oxygen atoms in total. The average molecular weight is 551 g/mol. The van der Waals surface area contributed by atoms with E-state index in [1.807, 2.05) is 16.3 Å². The summed E-state index contributed by atoms with van der Waals surface area (Å²) in [6.07, 6.45) is -0.00909. The minimum Gasteiger partial charge on any atom is -0.461 e. The van der Waals surface area contributed by atoms with Crippen LogP contribution in [0.4, 0.5) is 4.79 Å². The van der Waals surface area contributed by atoms with E-state index in [0.29, 0.717) is 23.7 Å². The lowest BCUT2D eigenvalue weighted by atomic mass is 10.0. The molecule has 0 saturated carbocycles. The monoisotopic (exact) mass is 550 g/mol. The van der Waals surface area contributed by atoms with Crippen molar-refractivity contribution in [3.05, 3.63) is 56.7 Å². The number of nitrogens with zero attached hydrogens (tertiary/aromatic N) is 1. The minimum absolute atomic E-state index is 0.425. The topological polar surface area (TPSA) is 94.2 Å². The standard InChI is InChI=1S/C27H35ClN2O6S/c1-26(2,3)35-23(31)20(29-25(33)36-27(4,5)6)16-34-24(32)22(18-9-7-8-10-19(18)28)30-13-11-21-17(15-30)12-14-37-21/h7-10,12,14,20,22H,11,13,15-16H2,1-6H3,(H,29,33)/t20-,22-/m0/s1. The number of hydrogen-bond donors (Lipinski definition) is 1. The fraction of sp³-hybridized carbons (Fsp3) is 0.519. The highest BCUT2D eigenvalue weighted by molar-refractivity contribution is 7.10. The zero-order valence-electron chi connectivity index (χ0n) is 22.1. The van der Waals surface area contributed by atoms with Crippen LogP contribution in [0.5, 0.6) is 0 Å². The molecule has 1 N–H and O–H groups in total. The summed E-state index contributed by atoms with van der Waals surface area (Å²) in [5.41, 5.74) is 0.200. The lowest BCUT2D eigenvalue weighted by Gasteiger charge is -2.34. The van der Waals surface area contributed by atoms with Crippen LogP contribution in [0.3, 0.4) is 0 Å². The molecule has 3 rings (SSSR count). The highest BCUT2D eigenvalue weighted by atomic mass is 35.5. The van der Waals surface area contributed by atoms with E-state index in [1.54, 1.807) is 71.1 Å². The van der Waals surface area contributed by atoms with Crippen molar-refractivity contribution in [2.45, 2.75) is 77.8 Å². The second-order valence-corrected chi connectivity index (χ2v) is 12.3. The number of amides is 1. The normalized spacial score (nSPS) is 15.8. The number of alkyl carbamates (subject to hydrolysis) is 1. The van der Waals surface area contributed by atoms with Gasteiger partial charge in [-0.05, 0) is 76.6 Å². The summed E-state index contributed by atoms with van der Waals surface area (Å²) >= 11 is 8.20. The molecule has 0 radical (unpaired) electrons. The Hall–Kier alpha value is -2.62. The summed E-state index contributed by atoms with van der Waals surface area (Å²) in [5.74, 6) is -1.31. The fourth-order valence-corrected chi connectivity index (χ4v) is 5.02. The number of nitrogens with one attached hydrogen (secondary N) is 1. The Balaban J connectivity index is 1.80. The largest absolute Gasteiger partial charge is 0.461 e. The van der Waals surface area contributed by atoms with Crippen molar-refractivity contribution in [1.29, 1.82) is 0 Å². The predicted molar refractivity (Wildman–Crippen MR) is 143 cm³/mol. The third-order valence-corrected chi connectivity index (χ3v) is 6.77. The Kier molecular flexibility index (Phi) is 9.26. The van der Waals surface area contributed by atoms with Gasteiger partial charge in [-0.2, -0.15) is 0 Å². The maximum atomic E-state index is 13.6. The zero-order chi connectivity index (χ0) is 27.4. The predicted octanol–water partition coefficient (Wildman–Crippen LogP) is 5.28. The molecule has 1 amide bonds. The first-order valence-corrected chi connectivity index (χ1v) is 13.4. The number of fused-ring (bicyclic) bond motifs is 1. The van der Waals surface area contributed by atoms with Crippen LogP contribution in [-0.4, -0.2) is 53.3 Å². The van der Waals surface area contributed by atoms with Crippen molar-refractivity contribution in [3.8, 4) is 0 Å². The molecule has 10 heteroatoms. The van der Waals surface area contributed by atoms with Gasteiger partial charge in [-0.15, -0.1) is 11.3 Å². The number of benzene rings is 1. The van der Waals surface area contributed by atoms with Crippen molar-refractivity contribution < 1.29 is 28.6 Å². The number of carbonyl (C=O) groups excluding carboxylic acids is 3. The molecule has 2 aromatic rings. The molecule has 0 bridgehead atoms. The number of hydrogen-bond acceptors (Lipinski definition) is 8. The van der Waals surface area contributed by atoms with E-state index in [1.165, 1.54) is 10.4 Å². The van der Waals surface area contributed by atoms with E-state index >= 15 is 0 Å². The van der Waals surface area contributed by atoms with Gasteiger partial charge in [0.05, 0.1) is 0 Å². The molecular formula is C27H35ClN2O6S. The molecular weight excluding hydrogens is 516 g/mol. The van der Waals surface area contributed by atoms with E-state index in [0.717, 1.165) is 6.42 Å². The highest BCUT2D eigenvalue weighted by Crippen LogP contribution is 2.34. The average Bonchev–Trinajstić information content (AvgIpc) is 3.23. The fourth-order valence-electron chi connectivity index (χ4n) is 3.90. The van der Waals surface area contributed by atoms with Crippen LogP contribution in [0.1, 0.15) is 63.6 Å². The summed E-state index contributed by atoms with van der Waals surface area (Å²) in [7, 11) is 0. The molecule has 0 aliphatic carbocycles. The summed E-state index contributed by atoms with van der Waals surface area (Å²) in [6.45, 7) is 11.0. The van der Waals surface area contributed by atoms with Crippen LogP contribution < -0.4 is 5.32 Å². The van der Waals surface area contributed by atoms with Gasteiger partial charge in [0.15, 0.2) is 6.04 Å². The Labute approximate surface area is 227 Å². The number of rotatable bonds is 7. The summed E-state index contributed by atoms with van der Waals surface area (Å²) in [5, 5.41) is 4.97.